The summed E-state index contributed by atoms with van der Waals surface area (Å²) in [6, 6.07) is 17.3. The standard InChI is InChI=1S/C22H25N5O4/c1-26(27(16-23)13-12-20(24)28)21(29)19(14-17-8-4-2-5-9-17)25-22(30)31-15-18-10-6-3-7-11-18/h2-11,19H,12-15H2,1H3,(H2,24,28)(H,25,30). The van der Waals surface area contributed by atoms with Crippen molar-refractivity contribution in [2.24, 2.45) is 5.73 Å². The molecule has 0 spiro atoms. The molecule has 0 saturated carbocycles. The van der Waals surface area contributed by atoms with E-state index in [1.807, 2.05) is 66.9 Å². The van der Waals surface area contributed by atoms with E-state index in [0.717, 1.165) is 21.1 Å². The van der Waals surface area contributed by atoms with Gasteiger partial charge >= 0.3 is 6.09 Å². The first-order valence-corrected chi connectivity index (χ1v) is 9.65. The number of primary amides is 1. The van der Waals surface area contributed by atoms with Gasteiger partial charge in [0.25, 0.3) is 5.91 Å². The molecule has 3 N–H and O–H groups in total. The van der Waals surface area contributed by atoms with Gasteiger partial charge in [-0.15, -0.1) is 0 Å². The minimum atomic E-state index is -0.986. The van der Waals surface area contributed by atoms with Crippen molar-refractivity contribution in [3.8, 4) is 6.19 Å². The molecule has 0 aliphatic rings. The molecule has 2 rings (SSSR count). The molecule has 0 aliphatic heterocycles. The van der Waals surface area contributed by atoms with Crippen LogP contribution in [0.3, 0.4) is 0 Å². The number of hydrazine groups is 1. The molecule has 0 saturated heterocycles. The first-order chi connectivity index (χ1) is 14.9. The third-order valence-electron chi connectivity index (χ3n) is 4.45. The van der Waals surface area contributed by atoms with Crippen molar-refractivity contribution in [2.75, 3.05) is 13.6 Å². The zero-order valence-electron chi connectivity index (χ0n) is 17.2. The third-order valence-corrected chi connectivity index (χ3v) is 4.45. The number of rotatable bonds is 10. The van der Waals surface area contributed by atoms with E-state index in [4.69, 9.17) is 10.5 Å². The van der Waals surface area contributed by atoms with Crippen molar-refractivity contribution in [1.82, 2.24) is 15.3 Å². The van der Waals surface area contributed by atoms with Crippen molar-refractivity contribution in [1.29, 1.82) is 5.26 Å². The van der Waals surface area contributed by atoms with Crippen LogP contribution < -0.4 is 11.1 Å². The fourth-order valence-corrected chi connectivity index (χ4v) is 2.78. The SMILES string of the molecule is CN(C(=O)C(Cc1ccccc1)NC(=O)OCc1ccccc1)N(C#N)CCC(N)=O. The molecule has 0 bridgehead atoms. The zero-order valence-corrected chi connectivity index (χ0v) is 17.2. The molecule has 1 atom stereocenters. The molecule has 9 nitrogen and oxygen atoms in total. The summed E-state index contributed by atoms with van der Waals surface area (Å²) in [5.74, 6) is -1.13. The lowest BCUT2D eigenvalue weighted by Crippen LogP contribution is -2.53. The molecule has 0 fully saturated rings. The van der Waals surface area contributed by atoms with Gasteiger partial charge in [-0.25, -0.2) is 14.8 Å². The Morgan fingerprint density at radius 3 is 2.19 bits per heavy atom. The highest BCUT2D eigenvalue weighted by atomic mass is 16.5. The molecule has 0 radical (unpaired) electrons. The number of alkyl carbamates (subject to hydrolysis) is 1. The number of nitrogens with two attached hydrogens (primary N) is 1. The molecule has 162 valence electrons. The lowest BCUT2D eigenvalue weighted by molar-refractivity contribution is -0.144. The predicted octanol–water partition coefficient (Wildman–Crippen LogP) is 1.56. The zero-order chi connectivity index (χ0) is 22.6. The predicted molar refractivity (Wildman–Crippen MR) is 113 cm³/mol. The van der Waals surface area contributed by atoms with E-state index >= 15 is 0 Å². The first kappa shape index (κ1) is 23.2. The Morgan fingerprint density at radius 1 is 1.06 bits per heavy atom. The Kier molecular flexibility index (Phi) is 8.86. The van der Waals surface area contributed by atoms with E-state index in [0.29, 0.717) is 0 Å². The normalized spacial score (nSPS) is 11.0. The molecule has 0 aromatic heterocycles. The number of benzene rings is 2. The minimum absolute atomic E-state index is 0.0510. The second-order valence-corrected chi connectivity index (χ2v) is 6.75. The Bertz CT molecular complexity index is 915. The fraction of sp³-hybridized carbons (Fsp3) is 0.273. The molecule has 0 aliphatic carbocycles. The van der Waals surface area contributed by atoms with Crippen molar-refractivity contribution in [3.05, 3.63) is 71.8 Å². The molecule has 31 heavy (non-hydrogen) atoms. The summed E-state index contributed by atoms with van der Waals surface area (Å²) in [5, 5.41) is 14.0. The van der Waals surface area contributed by atoms with Crippen LogP contribution in [0.1, 0.15) is 17.5 Å². The van der Waals surface area contributed by atoms with Gasteiger partial charge in [-0.05, 0) is 11.1 Å². The van der Waals surface area contributed by atoms with E-state index in [1.54, 1.807) is 0 Å². The molecular formula is C22H25N5O4. The smallest absolute Gasteiger partial charge is 0.408 e. The van der Waals surface area contributed by atoms with E-state index in [9.17, 15) is 19.6 Å². The number of amides is 3. The number of carbonyl (C=O) groups excluding carboxylic acids is 3. The number of nitrogens with one attached hydrogen (secondary N) is 1. The van der Waals surface area contributed by atoms with Gasteiger partial charge in [-0.1, -0.05) is 60.7 Å². The van der Waals surface area contributed by atoms with E-state index < -0.39 is 23.9 Å². The Balaban J connectivity index is 2.09. The van der Waals surface area contributed by atoms with Crippen LogP contribution in [0.5, 0.6) is 0 Å². The van der Waals surface area contributed by atoms with Crippen LogP contribution in [-0.2, 0) is 27.4 Å². The summed E-state index contributed by atoms with van der Waals surface area (Å²) in [6.07, 6.45) is 1.18. The second-order valence-electron chi connectivity index (χ2n) is 6.75. The highest BCUT2D eigenvalue weighted by Gasteiger charge is 2.28. The van der Waals surface area contributed by atoms with E-state index in [2.05, 4.69) is 5.32 Å². The Hall–Kier alpha value is -4.06. The average molecular weight is 423 g/mol. The highest BCUT2D eigenvalue weighted by molar-refractivity contribution is 5.85. The minimum Gasteiger partial charge on any atom is -0.445 e. The van der Waals surface area contributed by atoms with Crippen LogP contribution in [0.2, 0.25) is 0 Å². The molecule has 3 amide bonds. The van der Waals surface area contributed by atoms with Crippen molar-refractivity contribution < 1.29 is 19.1 Å². The third kappa shape index (κ3) is 7.70. The summed E-state index contributed by atoms with van der Waals surface area (Å²) >= 11 is 0. The largest absolute Gasteiger partial charge is 0.445 e. The lowest BCUT2D eigenvalue weighted by Gasteiger charge is -2.30. The number of nitriles is 1. The molecular weight excluding hydrogens is 398 g/mol. The number of nitrogens with zero attached hydrogens (tertiary/aromatic N) is 3. The van der Waals surface area contributed by atoms with E-state index in [-0.39, 0.29) is 26.0 Å². The highest BCUT2D eigenvalue weighted by Crippen LogP contribution is 2.09. The number of likely N-dealkylation sites (N-methyl/N-ethyl adjacent to an activating group) is 1. The summed E-state index contributed by atoms with van der Waals surface area (Å²) < 4.78 is 5.23. The molecule has 1 unspecified atom stereocenters. The number of ether oxygens (including phenoxy) is 1. The maximum absolute atomic E-state index is 13.0. The van der Waals surface area contributed by atoms with Gasteiger partial charge in [0.15, 0.2) is 6.19 Å². The van der Waals surface area contributed by atoms with Gasteiger partial charge in [0.1, 0.15) is 12.6 Å². The maximum atomic E-state index is 13.0. The van der Waals surface area contributed by atoms with Gasteiger partial charge in [-0.3, -0.25) is 9.59 Å². The number of hydrogen-bond donors (Lipinski definition) is 2. The van der Waals surface area contributed by atoms with Gasteiger partial charge < -0.3 is 15.8 Å². The van der Waals surface area contributed by atoms with Crippen molar-refractivity contribution in [3.63, 3.8) is 0 Å². The lowest BCUT2D eigenvalue weighted by atomic mass is 10.1. The van der Waals surface area contributed by atoms with Crippen LogP contribution in [0.4, 0.5) is 4.79 Å². The summed E-state index contributed by atoms with van der Waals surface area (Å²) in [6.45, 7) is 0.00226. The average Bonchev–Trinajstić information content (AvgIpc) is 2.78. The summed E-state index contributed by atoms with van der Waals surface area (Å²) in [7, 11) is 1.39. The second kappa shape index (κ2) is 11.8. The number of hydrogen-bond acceptors (Lipinski definition) is 6. The summed E-state index contributed by atoms with van der Waals surface area (Å²) in [5.41, 5.74) is 6.75. The molecule has 2 aromatic carbocycles. The Labute approximate surface area is 181 Å². The monoisotopic (exact) mass is 423 g/mol. The van der Waals surface area contributed by atoms with Crippen molar-refractivity contribution >= 4 is 17.9 Å². The number of carbonyl (C=O) groups is 3. The van der Waals surface area contributed by atoms with Crippen LogP contribution in [0.25, 0.3) is 0 Å². The molecule has 9 heteroatoms. The van der Waals surface area contributed by atoms with Gasteiger partial charge in [0, 0.05) is 19.9 Å². The molecule has 2 aromatic rings. The van der Waals surface area contributed by atoms with Gasteiger partial charge in [-0.2, -0.15) is 5.26 Å². The topological polar surface area (TPSA) is 129 Å². The van der Waals surface area contributed by atoms with Gasteiger partial charge in [0.2, 0.25) is 5.91 Å². The van der Waals surface area contributed by atoms with Crippen molar-refractivity contribution in [2.45, 2.75) is 25.5 Å². The van der Waals surface area contributed by atoms with Gasteiger partial charge in [0.05, 0.1) is 6.54 Å². The first-order valence-electron chi connectivity index (χ1n) is 9.65. The molecule has 0 heterocycles. The van der Waals surface area contributed by atoms with Crippen LogP contribution in [0, 0.1) is 11.5 Å². The Morgan fingerprint density at radius 2 is 1.65 bits per heavy atom. The maximum Gasteiger partial charge on any atom is 0.408 e. The fourth-order valence-electron chi connectivity index (χ4n) is 2.78. The van der Waals surface area contributed by atoms with Crippen LogP contribution in [0.15, 0.2) is 60.7 Å². The van der Waals surface area contributed by atoms with E-state index in [1.165, 1.54) is 7.05 Å². The summed E-state index contributed by atoms with van der Waals surface area (Å²) in [4.78, 5) is 36.4. The quantitative estimate of drug-likeness (QED) is 0.339. The van der Waals surface area contributed by atoms with Crippen LogP contribution >= 0.6 is 0 Å². The van der Waals surface area contributed by atoms with Crippen LogP contribution in [-0.4, -0.2) is 47.6 Å².